The number of methoxy groups -OCH3 is 1. The minimum absolute atomic E-state index is 0.155. The highest BCUT2D eigenvalue weighted by atomic mass is 16.5. The van der Waals surface area contributed by atoms with Crippen LogP contribution < -0.4 is 15.5 Å². The number of pyridine rings is 1. The first-order chi connectivity index (χ1) is 24.5. The monoisotopic (exact) mass is 664 g/mol. The number of amides is 2. The molecule has 250 valence electrons. The van der Waals surface area contributed by atoms with E-state index < -0.39 is 12.1 Å². The van der Waals surface area contributed by atoms with E-state index in [1.54, 1.807) is 0 Å². The minimum Gasteiger partial charge on any atom is -0.453 e. The van der Waals surface area contributed by atoms with Crippen molar-refractivity contribution < 1.29 is 14.3 Å². The number of imidazole rings is 2. The lowest BCUT2D eigenvalue weighted by Gasteiger charge is -2.27. The maximum Gasteiger partial charge on any atom is 0.407 e. The number of H-pyrrole nitrogens is 2. The number of fused-ring (bicyclic) bond motifs is 1. The van der Waals surface area contributed by atoms with E-state index in [9.17, 15) is 9.59 Å². The number of carbonyl (C=O) groups excluding carboxylic acids is 2. The zero-order valence-corrected chi connectivity index (χ0v) is 27.6. The molecule has 3 atom stereocenters. The topological polar surface area (TPSA) is 141 Å². The number of carbonyl (C=O) groups is 2. The largest absolute Gasteiger partial charge is 0.453 e. The fraction of sp³-hybridized carbons (Fsp3) is 0.256. The van der Waals surface area contributed by atoms with E-state index in [0.29, 0.717) is 31.1 Å². The van der Waals surface area contributed by atoms with Crippen LogP contribution in [0.5, 0.6) is 0 Å². The summed E-state index contributed by atoms with van der Waals surface area (Å²) in [7, 11) is 1.30. The van der Waals surface area contributed by atoms with Crippen molar-refractivity contribution in [2.45, 2.75) is 50.2 Å². The van der Waals surface area contributed by atoms with Crippen LogP contribution in [0.25, 0.3) is 44.7 Å². The molecule has 0 unspecified atom stereocenters. The Morgan fingerprint density at radius 2 is 1.64 bits per heavy atom. The highest BCUT2D eigenvalue weighted by molar-refractivity contribution is 6.02. The summed E-state index contributed by atoms with van der Waals surface area (Å²) >= 11 is 0. The third-order valence-corrected chi connectivity index (χ3v) is 10.3. The van der Waals surface area contributed by atoms with Gasteiger partial charge in [-0.3, -0.25) is 9.69 Å². The van der Waals surface area contributed by atoms with Crippen molar-refractivity contribution in [1.82, 2.24) is 35.6 Å². The summed E-state index contributed by atoms with van der Waals surface area (Å²) in [5.74, 6) is 1.55. The summed E-state index contributed by atoms with van der Waals surface area (Å²) in [5, 5.41) is 7.31. The molecule has 0 bridgehead atoms. The Kier molecular flexibility index (Phi) is 7.42. The predicted octanol–water partition coefficient (Wildman–Crippen LogP) is 6.41. The van der Waals surface area contributed by atoms with Gasteiger partial charge in [0.2, 0.25) is 5.91 Å². The molecule has 11 heteroatoms. The predicted molar refractivity (Wildman–Crippen MR) is 190 cm³/mol. The Balaban J connectivity index is 0.941. The van der Waals surface area contributed by atoms with Crippen molar-refractivity contribution in [3.63, 3.8) is 0 Å². The zero-order chi connectivity index (χ0) is 33.8. The molecule has 11 nitrogen and oxygen atoms in total. The number of benzene rings is 3. The van der Waals surface area contributed by atoms with E-state index in [1.165, 1.54) is 13.5 Å². The van der Waals surface area contributed by atoms with E-state index in [4.69, 9.17) is 14.7 Å². The number of aryl methyl sites for hydroxylation is 1. The molecule has 2 amide bonds. The fourth-order valence-electron chi connectivity index (χ4n) is 7.69. The van der Waals surface area contributed by atoms with Gasteiger partial charge >= 0.3 is 6.09 Å². The van der Waals surface area contributed by atoms with Crippen LogP contribution in [-0.2, 0) is 22.4 Å². The van der Waals surface area contributed by atoms with E-state index in [1.807, 2.05) is 23.4 Å². The molecular formula is C39H36N8O3. The molecule has 1 fully saturated rings. The molecule has 0 spiro atoms. The molecule has 0 radical (unpaired) electrons. The molecular weight excluding hydrogens is 628 g/mol. The maximum absolute atomic E-state index is 13.9. The van der Waals surface area contributed by atoms with Gasteiger partial charge in [-0.25, -0.2) is 19.7 Å². The summed E-state index contributed by atoms with van der Waals surface area (Å²) < 4.78 is 4.81. The maximum atomic E-state index is 13.9. The quantitative estimate of drug-likeness (QED) is 0.161. The van der Waals surface area contributed by atoms with Gasteiger partial charge in [0.05, 0.1) is 59.9 Å². The Bertz CT molecular complexity index is 2250. The van der Waals surface area contributed by atoms with E-state index in [-0.39, 0.29) is 11.9 Å². The lowest BCUT2D eigenvalue weighted by molar-refractivity contribution is -0.121. The Hall–Kier alpha value is -5.81. The molecule has 50 heavy (non-hydrogen) atoms. The molecule has 3 aliphatic rings. The lowest BCUT2D eigenvalue weighted by Crippen LogP contribution is -2.48. The fourth-order valence-corrected chi connectivity index (χ4v) is 7.69. The van der Waals surface area contributed by atoms with Crippen LogP contribution in [0.15, 0.2) is 85.2 Å². The standard InChI is InChI=1S/C39H36N8O3/c1-50-39(49)46-31-16-11-24-4-2-5-27-19-34(47(35(24)27)38(31)48)37-42-20-32(45-37)23-9-7-22(8-10-23)28-14-12-25-18-26(13-15-29(25)43-28)33-21-41-36(44-33)30-6-3-17-40-30/h2,4-5,7-10,12-15,18,20-21,30-31,34,40H,3,6,11,16-17,19H2,1H3,(H,41,44)(H,42,45)(H,46,49)/t30-,31-,34-/m0/s1. The van der Waals surface area contributed by atoms with Crippen molar-refractivity contribution in [3.05, 3.63) is 108 Å². The molecule has 0 aliphatic carbocycles. The van der Waals surface area contributed by atoms with Gasteiger partial charge in [0.1, 0.15) is 17.7 Å². The average Bonchev–Trinajstić information content (AvgIpc) is 3.98. The molecule has 4 N–H and O–H groups in total. The molecule has 6 heterocycles. The van der Waals surface area contributed by atoms with Crippen molar-refractivity contribution in [3.8, 4) is 33.8 Å². The van der Waals surface area contributed by atoms with Crippen molar-refractivity contribution in [1.29, 1.82) is 0 Å². The number of hydrogen-bond donors (Lipinski definition) is 4. The number of aromatic nitrogens is 5. The van der Waals surface area contributed by atoms with E-state index in [0.717, 1.165) is 80.3 Å². The number of rotatable bonds is 6. The second kappa shape index (κ2) is 12.3. The Morgan fingerprint density at radius 3 is 2.46 bits per heavy atom. The highest BCUT2D eigenvalue weighted by Crippen LogP contribution is 2.44. The van der Waals surface area contributed by atoms with Crippen molar-refractivity contribution in [2.24, 2.45) is 0 Å². The first kappa shape index (κ1) is 30.3. The van der Waals surface area contributed by atoms with Crippen LogP contribution in [0.2, 0.25) is 0 Å². The first-order valence-electron chi connectivity index (χ1n) is 17.2. The van der Waals surface area contributed by atoms with Crippen LogP contribution in [0.4, 0.5) is 10.5 Å². The van der Waals surface area contributed by atoms with Gasteiger partial charge in [0.25, 0.3) is 0 Å². The lowest BCUT2D eigenvalue weighted by atomic mass is 10.0. The number of nitrogens with zero attached hydrogens (tertiary/aromatic N) is 4. The third-order valence-electron chi connectivity index (χ3n) is 10.3. The van der Waals surface area contributed by atoms with Gasteiger partial charge in [0, 0.05) is 22.9 Å². The van der Waals surface area contributed by atoms with Crippen LogP contribution in [0, 0.1) is 0 Å². The summed E-state index contributed by atoms with van der Waals surface area (Å²) in [6, 6.07) is 24.2. The summed E-state index contributed by atoms with van der Waals surface area (Å²) in [6.07, 6.45) is 7.23. The Labute approximate surface area is 288 Å². The summed E-state index contributed by atoms with van der Waals surface area (Å²) in [4.78, 5) is 49.1. The average molecular weight is 665 g/mol. The van der Waals surface area contributed by atoms with Crippen LogP contribution >= 0.6 is 0 Å². The molecule has 3 aromatic heterocycles. The number of para-hydroxylation sites is 1. The van der Waals surface area contributed by atoms with Crippen LogP contribution in [0.1, 0.15) is 54.1 Å². The number of alkyl carbamates (subject to hydrolysis) is 1. The molecule has 1 saturated heterocycles. The summed E-state index contributed by atoms with van der Waals surface area (Å²) in [5.41, 5.74) is 9.92. The molecule has 9 rings (SSSR count). The number of ether oxygens (including phenoxy) is 1. The molecule has 0 saturated carbocycles. The van der Waals surface area contributed by atoms with Crippen LogP contribution in [0.3, 0.4) is 0 Å². The minimum atomic E-state index is -0.681. The molecule has 6 aromatic rings. The van der Waals surface area contributed by atoms with Crippen molar-refractivity contribution in [2.75, 3.05) is 18.6 Å². The number of anilines is 1. The van der Waals surface area contributed by atoms with Gasteiger partial charge in [-0.15, -0.1) is 0 Å². The highest BCUT2D eigenvalue weighted by Gasteiger charge is 2.42. The Morgan fingerprint density at radius 1 is 0.880 bits per heavy atom. The first-order valence-corrected chi connectivity index (χ1v) is 17.2. The SMILES string of the molecule is COC(=O)N[C@H]1CCc2cccc3c2N(C1=O)[C@H](c1ncc(-c2ccc(-c4ccc5cc(-c6cnc([C@@H]7CCCN7)[nH]6)ccc5n4)cc2)[nH]1)C3. The van der Waals surface area contributed by atoms with Crippen molar-refractivity contribution >= 4 is 28.6 Å². The van der Waals surface area contributed by atoms with E-state index in [2.05, 4.69) is 92.3 Å². The van der Waals surface area contributed by atoms with Gasteiger partial charge < -0.3 is 25.3 Å². The van der Waals surface area contributed by atoms with E-state index >= 15 is 0 Å². The van der Waals surface area contributed by atoms with Gasteiger partial charge in [-0.1, -0.05) is 54.6 Å². The smallest absolute Gasteiger partial charge is 0.407 e. The molecule has 3 aromatic carbocycles. The molecule has 3 aliphatic heterocycles. The van der Waals surface area contributed by atoms with Crippen LogP contribution in [-0.4, -0.2) is 56.6 Å². The van der Waals surface area contributed by atoms with Gasteiger partial charge in [-0.05, 0) is 67.1 Å². The number of hydrogen-bond acceptors (Lipinski definition) is 7. The number of aromatic amines is 2. The number of nitrogens with one attached hydrogen (secondary N) is 4. The van der Waals surface area contributed by atoms with Gasteiger partial charge in [-0.2, -0.15) is 0 Å². The zero-order valence-electron chi connectivity index (χ0n) is 27.6. The normalized spacial score (nSPS) is 19.8. The second-order valence-electron chi connectivity index (χ2n) is 13.3. The summed E-state index contributed by atoms with van der Waals surface area (Å²) in [6.45, 7) is 1.04. The third kappa shape index (κ3) is 5.30. The second-order valence-corrected chi connectivity index (χ2v) is 13.3. The van der Waals surface area contributed by atoms with Gasteiger partial charge in [0.15, 0.2) is 0 Å².